The van der Waals surface area contributed by atoms with Crippen molar-refractivity contribution in [1.29, 1.82) is 0 Å². The monoisotopic (exact) mass is 394 g/mol. The number of rotatable bonds is 6. The van der Waals surface area contributed by atoms with E-state index in [4.69, 9.17) is 0 Å². The lowest BCUT2D eigenvalue weighted by molar-refractivity contribution is 0.233. The van der Waals surface area contributed by atoms with Gasteiger partial charge in [-0.15, -0.1) is 6.58 Å². The van der Waals surface area contributed by atoms with Crippen molar-refractivity contribution >= 4 is 10.9 Å². The van der Waals surface area contributed by atoms with E-state index in [0.29, 0.717) is 11.5 Å². The molecule has 4 heteroatoms. The summed E-state index contributed by atoms with van der Waals surface area (Å²) in [7, 11) is 2.18. The van der Waals surface area contributed by atoms with Crippen LogP contribution in [0.15, 0.2) is 49.3 Å². The second kappa shape index (κ2) is 9.53. The molecule has 0 amide bonds. The zero-order valence-corrected chi connectivity index (χ0v) is 18.5. The molecule has 3 N–H and O–H groups in total. The maximum atomic E-state index is 4.10. The van der Waals surface area contributed by atoms with E-state index in [9.17, 15) is 0 Å². The lowest BCUT2D eigenvalue weighted by Crippen LogP contribution is -2.45. The van der Waals surface area contributed by atoms with Gasteiger partial charge in [0.25, 0.3) is 0 Å². The van der Waals surface area contributed by atoms with Gasteiger partial charge < -0.3 is 20.5 Å². The Hall–Kier alpha value is -2.20. The van der Waals surface area contributed by atoms with Crippen LogP contribution in [0.3, 0.4) is 0 Å². The molecule has 158 valence electrons. The molecule has 1 aromatic heterocycles. The van der Waals surface area contributed by atoms with Crippen molar-refractivity contribution in [2.75, 3.05) is 20.1 Å². The van der Waals surface area contributed by atoms with Crippen molar-refractivity contribution < 1.29 is 0 Å². The van der Waals surface area contributed by atoms with Crippen molar-refractivity contribution in [3.8, 4) is 0 Å². The van der Waals surface area contributed by atoms with E-state index in [1.807, 2.05) is 0 Å². The first-order chi connectivity index (χ1) is 13.9. The first-order valence-electron chi connectivity index (χ1n) is 11.0. The van der Waals surface area contributed by atoms with Crippen LogP contribution in [-0.2, 0) is 6.54 Å². The van der Waals surface area contributed by atoms with Crippen molar-refractivity contribution in [2.24, 2.45) is 5.41 Å². The number of benzene rings is 1. The van der Waals surface area contributed by atoms with Gasteiger partial charge in [-0.3, -0.25) is 0 Å². The third-order valence-corrected chi connectivity index (χ3v) is 6.32. The van der Waals surface area contributed by atoms with E-state index in [0.717, 1.165) is 18.9 Å². The number of hydrogen-bond acceptors (Lipinski definition) is 3. The minimum Gasteiger partial charge on any atom is -0.368 e. The van der Waals surface area contributed by atoms with Crippen LogP contribution in [0.1, 0.15) is 50.3 Å². The quantitative estimate of drug-likeness (QED) is 0.598. The molecule has 2 aliphatic rings. The van der Waals surface area contributed by atoms with Gasteiger partial charge >= 0.3 is 0 Å². The van der Waals surface area contributed by atoms with E-state index in [1.165, 1.54) is 60.8 Å². The molecule has 1 aliphatic carbocycles. The average Bonchev–Trinajstić information content (AvgIpc) is 3.07. The summed E-state index contributed by atoms with van der Waals surface area (Å²) in [5.41, 5.74) is 4.19. The first-order valence-corrected chi connectivity index (χ1v) is 11.0. The highest BCUT2D eigenvalue weighted by atomic mass is 15.2. The van der Waals surface area contributed by atoms with Gasteiger partial charge in [0.05, 0.1) is 12.4 Å². The van der Waals surface area contributed by atoms with Crippen molar-refractivity contribution in [1.82, 2.24) is 20.5 Å². The highest BCUT2D eigenvalue weighted by Crippen LogP contribution is 2.40. The minimum atomic E-state index is 0.504. The van der Waals surface area contributed by atoms with Gasteiger partial charge in [-0.1, -0.05) is 37.6 Å². The predicted octanol–water partition coefficient (Wildman–Crippen LogP) is 5.08. The Balaban J connectivity index is 0.000000290. The molecule has 2 fully saturated rings. The van der Waals surface area contributed by atoms with Gasteiger partial charge in [-0.25, -0.2) is 0 Å². The number of aryl methyl sites for hydroxylation is 1. The molecule has 29 heavy (non-hydrogen) atoms. The molecular weight excluding hydrogens is 356 g/mol. The Kier molecular flexibility index (Phi) is 7.07. The Bertz CT molecular complexity index is 830. The Morgan fingerprint density at radius 1 is 1.31 bits per heavy atom. The second-order valence-electron chi connectivity index (χ2n) is 9.17. The third-order valence-electron chi connectivity index (χ3n) is 6.32. The molecule has 2 aromatic rings. The number of aromatic amines is 1. The number of likely N-dealkylation sites (tertiary alicyclic amines) is 1. The van der Waals surface area contributed by atoms with Crippen LogP contribution in [-0.4, -0.2) is 36.1 Å². The summed E-state index contributed by atoms with van der Waals surface area (Å²) in [5, 5.41) is 8.15. The highest BCUT2D eigenvalue weighted by molar-refractivity contribution is 5.81. The topological polar surface area (TPSA) is 43.1 Å². The third kappa shape index (κ3) is 6.14. The number of aromatic nitrogens is 1. The maximum absolute atomic E-state index is 4.10. The highest BCUT2D eigenvalue weighted by Gasteiger charge is 2.27. The predicted molar refractivity (Wildman–Crippen MR) is 125 cm³/mol. The number of nitrogens with one attached hydrogen (secondary N) is 3. The molecular formula is C25H38N4. The first kappa shape index (κ1) is 21.5. The standard InChI is InChI=1S/C18H26N4.C7H12/c1-13-6-7-18-15(9-13)10-17(21-18)11-19-14(2)20-16-5-4-8-22(3)12-16;1-3-7(2)5-4-6-7/h6-7,9-10,16,19-21H,2,4-5,8,11-12H2,1,3H3;3H,1,4-6H2,2H3. The molecule has 0 bridgehead atoms. The Labute approximate surface area is 176 Å². The Morgan fingerprint density at radius 3 is 2.72 bits per heavy atom. The van der Waals surface area contributed by atoms with E-state index in [1.54, 1.807) is 0 Å². The number of piperidine rings is 1. The van der Waals surface area contributed by atoms with E-state index in [2.05, 4.69) is 84.9 Å². The van der Waals surface area contributed by atoms with Crippen molar-refractivity contribution in [2.45, 2.75) is 58.5 Å². The zero-order valence-electron chi connectivity index (χ0n) is 18.5. The second-order valence-corrected chi connectivity index (χ2v) is 9.17. The summed E-state index contributed by atoms with van der Waals surface area (Å²) in [4.78, 5) is 5.82. The summed E-state index contributed by atoms with van der Waals surface area (Å²) in [5.74, 6) is 0.912. The summed E-state index contributed by atoms with van der Waals surface area (Å²) in [6, 6.07) is 9.19. The molecule has 1 atom stereocenters. The summed E-state index contributed by atoms with van der Waals surface area (Å²) in [6.07, 6.45) is 8.67. The fourth-order valence-electron chi connectivity index (χ4n) is 4.13. The normalized spacial score (nSPS) is 20.9. The van der Waals surface area contributed by atoms with Gasteiger partial charge in [0.1, 0.15) is 0 Å². The summed E-state index contributed by atoms with van der Waals surface area (Å²) >= 11 is 0. The fraction of sp³-hybridized carbons (Fsp3) is 0.520. The molecule has 1 saturated carbocycles. The number of fused-ring (bicyclic) bond motifs is 1. The van der Waals surface area contributed by atoms with Gasteiger partial charge in [-0.05, 0) is 75.2 Å². The van der Waals surface area contributed by atoms with E-state index >= 15 is 0 Å². The zero-order chi connectivity index (χ0) is 20.9. The average molecular weight is 395 g/mol. The van der Waals surface area contributed by atoms with E-state index < -0.39 is 0 Å². The van der Waals surface area contributed by atoms with Crippen molar-refractivity contribution in [3.63, 3.8) is 0 Å². The number of allylic oxidation sites excluding steroid dienone is 1. The molecule has 4 rings (SSSR count). The molecule has 1 unspecified atom stereocenters. The molecule has 0 spiro atoms. The molecule has 1 aromatic carbocycles. The maximum Gasteiger partial charge on any atom is 0.0918 e. The largest absolute Gasteiger partial charge is 0.368 e. The number of likely N-dealkylation sites (N-methyl/N-ethyl adjacent to an activating group) is 1. The molecule has 0 radical (unpaired) electrons. The lowest BCUT2D eigenvalue weighted by Gasteiger charge is -2.34. The number of H-pyrrole nitrogens is 1. The fourth-order valence-corrected chi connectivity index (χ4v) is 4.13. The summed E-state index contributed by atoms with van der Waals surface area (Å²) in [6.45, 7) is 15.3. The molecule has 2 heterocycles. The van der Waals surface area contributed by atoms with Gasteiger partial charge in [0.2, 0.25) is 0 Å². The van der Waals surface area contributed by atoms with Crippen LogP contribution in [0.4, 0.5) is 0 Å². The van der Waals surface area contributed by atoms with Gasteiger partial charge in [-0.2, -0.15) is 0 Å². The summed E-state index contributed by atoms with van der Waals surface area (Å²) < 4.78 is 0. The van der Waals surface area contributed by atoms with Gasteiger partial charge in [0, 0.05) is 23.8 Å². The van der Waals surface area contributed by atoms with Crippen LogP contribution < -0.4 is 10.6 Å². The SMILES string of the molecule is C=C(NCc1cc2cc(C)ccc2[nH]1)NC1CCCN(C)C1.C=CC1(C)CCC1. The van der Waals surface area contributed by atoms with Crippen LogP contribution in [0.2, 0.25) is 0 Å². The van der Waals surface area contributed by atoms with Crippen molar-refractivity contribution in [3.05, 3.63) is 60.6 Å². The van der Waals surface area contributed by atoms with Crippen LogP contribution in [0.5, 0.6) is 0 Å². The molecule has 1 saturated heterocycles. The van der Waals surface area contributed by atoms with E-state index in [-0.39, 0.29) is 0 Å². The van der Waals surface area contributed by atoms with Crippen LogP contribution in [0.25, 0.3) is 10.9 Å². The van der Waals surface area contributed by atoms with Gasteiger partial charge in [0.15, 0.2) is 0 Å². The minimum absolute atomic E-state index is 0.504. The van der Waals surface area contributed by atoms with Crippen LogP contribution in [0, 0.1) is 12.3 Å². The molecule has 4 nitrogen and oxygen atoms in total. The lowest BCUT2D eigenvalue weighted by atomic mass is 9.71. The number of hydrogen-bond donors (Lipinski definition) is 3. The number of nitrogens with zero attached hydrogens (tertiary/aromatic N) is 1. The van der Waals surface area contributed by atoms with Crippen LogP contribution >= 0.6 is 0 Å². The Morgan fingerprint density at radius 2 is 2.10 bits per heavy atom. The smallest absolute Gasteiger partial charge is 0.0918 e. The molecule has 1 aliphatic heterocycles.